The molecule has 0 heterocycles. The molecule has 0 aromatic heterocycles. The molecule has 3 aromatic carbocycles. The Labute approximate surface area is 219 Å². The van der Waals surface area contributed by atoms with E-state index < -0.39 is 18.1 Å². The third-order valence-electron chi connectivity index (χ3n) is 6.46. The van der Waals surface area contributed by atoms with Crippen molar-refractivity contribution in [1.29, 1.82) is 0 Å². The third kappa shape index (κ3) is 5.82. The Morgan fingerprint density at radius 2 is 1.68 bits per heavy atom. The van der Waals surface area contributed by atoms with Gasteiger partial charge in [0.1, 0.15) is 6.61 Å². The van der Waals surface area contributed by atoms with E-state index in [1.807, 2.05) is 48.5 Å². The molecule has 1 unspecified atom stereocenters. The Morgan fingerprint density at radius 1 is 1.05 bits per heavy atom. The van der Waals surface area contributed by atoms with Gasteiger partial charge >= 0.3 is 12.1 Å². The fourth-order valence-electron chi connectivity index (χ4n) is 4.65. The Bertz CT molecular complexity index is 1260. The molecule has 200 valence electrons. The summed E-state index contributed by atoms with van der Waals surface area (Å²) in [5, 5.41) is 32.8. The number of hydrogen-bond donors (Lipinski definition) is 3. The number of carbonyl (C=O) groups excluding carboxylic acids is 1. The summed E-state index contributed by atoms with van der Waals surface area (Å²) in [5.74, 6) is -0.654. The Hall–Kier alpha value is -4.28. The van der Waals surface area contributed by atoms with Gasteiger partial charge in [0.25, 0.3) is 0 Å². The second-order valence-electron chi connectivity index (χ2n) is 8.87. The van der Waals surface area contributed by atoms with Crippen molar-refractivity contribution < 1.29 is 34.1 Å². The van der Waals surface area contributed by atoms with Crippen LogP contribution >= 0.6 is 0 Å². The number of amides is 1. The van der Waals surface area contributed by atoms with Crippen LogP contribution in [0.3, 0.4) is 0 Å². The number of aliphatic carboxylic acids is 1. The van der Waals surface area contributed by atoms with Crippen LogP contribution in [0, 0.1) is 5.21 Å². The molecule has 0 aliphatic heterocycles. The van der Waals surface area contributed by atoms with E-state index >= 15 is 0 Å². The average molecular weight is 522 g/mol. The van der Waals surface area contributed by atoms with Crippen molar-refractivity contribution in [3.8, 4) is 22.6 Å². The highest BCUT2D eigenvalue weighted by atomic mass is 16.8. The summed E-state index contributed by atoms with van der Waals surface area (Å²) in [4.78, 5) is 23.5. The molecule has 0 bridgehead atoms. The Morgan fingerprint density at radius 3 is 2.26 bits per heavy atom. The summed E-state index contributed by atoms with van der Waals surface area (Å²) in [6.07, 6.45) is -0.522. The van der Waals surface area contributed by atoms with Gasteiger partial charge in [0.05, 0.1) is 25.4 Å². The van der Waals surface area contributed by atoms with Gasteiger partial charge in [0.15, 0.2) is 11.5 Å². The zero-order valence-corrected chi connectivity index (χ0v) is 21.0. The summed E-state index contributed by atoms with van der Waals surface area (Å²) in [7, 11) is 1.40. The highest BCUT2D eigenvalue weighted by Gasteiger charge is 2.29. The van der Waals surface area contributed by atoms with E-state index in [0.29, 0.717) is 0 Å². The minimum absolute atomic E-state index is 0.0687. The standard InChI is InChI=1S/C28H29N2O8/c1-17(22-14-25(36-2)26(15-24(22)30(34)35)37-13-7-12-27(31)32)29-28(33)38-16-23-20-10-5-3-8-18(20)19-9-4-6-11-21(19)23/h3-6,8-11,14-15,17,23,34H,7,12-13,16H2,1-2H3,(H,29,33)(H,31,32)/q-1. The van der Waals surface area contributed by atoms with Crippen LogP contribution in [0.25, 0.3) is 11.1 Å². The third-order valence-corrected chi connectivity index (χ3v) is 6.46. The molecule has 1 atom stereocenters. The SMILES string of the molecule is COc1cc(C(C)NC(=O)OCC2c3ccccc3-c3ccccc32)c(N([O-])O)cc1OCCCC(=O)O. The maximum atomic E-state index is 12.7. The number of nitrogens with zero attached hydrogens (tertiary/aromatic N) is 1. The molecule has 3 N–H and O–H groups in total. The first-order valence-corrected chi connectivity index (χ1v) is 12.1. The molecular weight excluding hydrogens is 492 g/mol. The Balaban J connectivity index is 1.45. The van der Waals surface area contributed by atoms with Gasteiger partial charge in [-0.1, -0.05) is 48.5 Å². The number of methoxy groups -OCH3 is 1. The topological polar surface area (TPSA) is 141 Å². The summed E-state index contributed by atoms with van der Waals surface area (Å²) in [6, 6.07) is 18.0. The molecule has 0 radical (unpaired) electrons. The molecule has 0 saturated carbocycles. The predicted molar refractivity (Wildman–Crippen MR) is 140 cm³/mol. The zero-order valence-electron chi connectivity index (χ0n) is 21.0. The number of ether oxygens (including phenoxy) is 3. The highest BCUT2D eigenvalue weighted by Crippen LogP contribution is 2.44. The number of rotatable bonds is 11. The molecule has 10 nitrogen and oxygen atoms in total. The molecule has 3 aromatic rings. The van der Waals surface area contributed by atoms with Crippen molar-refractivity contribution in [3.05, 3.63) is 82.6 Å². The number of carboxylic acids is 1. The van der Waals surface area contributed by atoms with Gasteiger partial charge in [0.2, 0.25) is 0 Å². The molecule has 10 heteroatoms. The quantitative estimate of drug-likeness (QED) is 0.228. The molecule has 38 heavy (non-hydrogen) atoms. The van der Waals surface area contributed by atoms with Crippen LogP contribution < -0.4 is 20.0 Å². The molecule has 4 rings (SSSR count). The van der Waals surface area contributed by atoms with Crippen molar-refractivity contribution >= 4 is 17.7 Å². The summed E-state index contributed by atoms with van der Waals surface area (Å²) >= 11 is 0. The summed E-state index contributed by atoms with van der Waals surface area (Å²) in [6.45, 7) is 1.83. The molecule has 1 aliphatic rings. The molecule has 0 fully saturated rings. The van der Waals surface area contributed by atoms with Gasteiger partial charge in [-0.3, -0.25) is 10.0 Å². The summed E-state index contributed by atoms with van der Waals surface area (Å²) < 4.78 is 16.5. The molecule has 0 spiro atoms. The lowest BCUT2D eigenvalue weighted by Crippen LogP contribution is -2.29. The van der Waals surface area contributed by atoms with E-state index in [0.717, 1.165) is 22.3 Å². The van der Waals surface area contributed by atoms with Gasteiger partial charge in [-0.25, -0.2) is 4.79 Å². The van der Waals surface area contributed by atoms with Gasteiger partial charge in [-0.2, -0.15) is 0 Å². The first-order chi connectivity index (χ1) is 18.3. The number of carboxylic acid groups (broad SMARTS) is 1. The van der Waals surface area contributed by atoms with E-state index in [2.05, 4.69) is 5.32 Å². The van der Waals surface area contributed by atoms with Crippen LogP contribution in [0.4, 0.5) is 10.5 Å². The number of carbonyl (C=O) groups is 2. The van der Waals surface area contributed by atoms with Crippen LogP contribution in [-0.4, -0.2) is 42.7 Å². The lowest BCUT2D eigenvalue weighted by Gasteiger charge is -2.28. The van der Waals surface area contributed by atoms with Crippen LogP contribution in [-0.2, 0) is 9.53 Å². The molecule has 0 saturated heterocycles. The fraction of sp³-hybridized carbons (Fsp3) is 0.286. The van der Waals surface area contributed by atoms with E-state index in [1.54, 1.807) is 6.92 Å². The number of anilines is 1. The summed E-state index contributed by atoms with van der Waals surface area (Å²) in [5.41, 5.74) is 4.51. The van der Waals surface area contributed by atoms with Crippen LogP contribution in [0.15, 0.2) is 60.7 Å². The predicted octanol–water partition coefficient (Wildman–Crippen LogP) is 5.23. The smallest absolute Gasteiger partial charge is 0.407 e. The number of benzene rings is 3. The number of hydrogen-bond acceptors (Lipinski definition) is 8. The van der Waals surface area contributed by atoms with Crippen LogP contribution in [0.5, 0.6) is 11.5 Å². The largest absolute Gasteiger partial charge is 0.733 e. The molecule has 1 aliphatic carbocycles. The second kappa shape index (κ2) is 11.8. The van der Waals surface area contributed by atoms with Crippen molar-refractivity contribution in [3.63, 3.8) is 0 Å². The Kier molecular flexibility index (Phi) is 8.35. The first kappa shape index (κ1) is 26.8. The van der Waals surface area contributed by atoms with Crippen molar-refractivity contribution in [1.82, 2.24) is 5.32 Å². The van der Waals surface area contributed by atoms with E-state index in [4.69, 9.17) is 19.3 Å². The van der Waals surface area contributed by atoms with E-state index in [1.165, 1.54) is 19.2 Å². The zero-order chi connectivity index (χ0) is 27.2. The van der Waals surface area contributed by atoms with Gasteiger partial charge in [-0.15, -0.1) is 0 Å². The van der Waals surface area contributed by atoms with Crippen LogP contribution in [0.1, 0.15) is 48.4 Å². The highest BCUT2D eigenvalue weighted by molar-refractivity contribution is 5.79. The molecule has 1 amide bonds. The van der Waals surface area contributed by atoms with Gasteiger partial charge in [-0.05, 0) is 41.7 Å². The number of nitrogens with one attached hydrogen (secondary N) is 1. The first-order valence-electron chi connectivity index (χ1n) is 12.1. The van der Waals surface area contributed by atoms with Crippen molar-refractivity contribution in [2.45, 2.75) is 31.7 Å². The fourth-order valence-corrected chi connectivity index (χ4v) is 4.65. The monoisotopic (exact) mass is 521 g/mol. The van der Waals surface area contributed by atoms with Gasteiger partial charge in [0, 0.05) is 24.0 Å². The van der Waals surface area contributed by atoms with E-state index in [-0.39, 0.29) is 59.9 Å². The molecular formula is C28H29N2O8-. The minimum Gasteiger partial charge on any atom is -0.733 e. The lowest BCUT2D eigenvalue weighted by molar-refractivity contribution is -0.137. The lowest BCUT2D eigenvalue weighted by atomic mass is 9.98. The van der Waals surface area contributed by atoms with Gasteiger partial charge < -0.3 is 35.1 Å². The number of alkyl carbamates (subject to hydrolysis) is 1. The average Bonchev–Trinajstić information content (AvgIpc) is 3.23. The van der Waals surface area contributed by atoms with Crippen molar-refractivity contribution in [2.24, 2.45) is 0 Å². The maximum absolute atomic E-state index is 12.7. The number of fused-ring (bicyclic) bond motifs is 3. The van der Waals surface area contributed by atoms with E-state index in [9.17, 15) is 20.0 Å². The maximum Gasteiger partial charge on any atom is 0.407 e. The van der Waals surface area contributed by atoms with Crippen LogP contribution in [0.2, 0.25) is 0 Å². The van der Waals surface area contributed by atoms with Crippen molar-refractivity contribution in [2.75, 3.05) is 25.6 Å². The normalized spacial score (nSPS) is 12.7. The second-order valence-corrected chi connectivity index (χ2v) is 8.87. The minimum atomic E-state index is -0.953.